The molecular formula is C17H27N2O2+. The van der Waals surface area contributed by atoms with E-state index in [0.717, 1.165) is 29.9 Å². The number of quaternary nitrogens is 1. The minimum atomic E-state index is 0.254. The van der Waals surface area contributed by atoms with Gasteiger partial charge < -0.3 is 9.42 Å². The monoisotopic (exact) mass is 291 g/mol. The van der Waals surface area contributed by atoms with Crippen LogP contribution in [0.2, 0.25) is 0 Å². The number of piperidine rings is 1. The van der Waals surface area contributed by atoms with Crippen LogP contribution in [0.25, 0.3) is 0 Å². The third-order valence-corrected chi connectivity index (χ3v) is 5.39. The van der Waals surface area contributed by atoms with Crippen LogP contribution in [0, 0.1) is 17.8 Å². The summed E-state index contributed by atoms with van der Waals surface area (Å²) in [5.41, 5.74) is 1.75. The van der Waals surface area contributed by atoms with Crippen LogP contribution in [0.3, 0.4) is 0 Å². The van der Waals surface area contributed by atoms with E-state index in [0.29, 0.717) is 24.2 Å². The van der Waals surface area contributed by atoms with Gasteiger partial charge in [-0.25, -0.2) is 0 Å². The highest BCUT2D eigenvalue weighted by Gasteiger charge is 2.34. The molecule has 2 aliphatic rings. The Hall–Kier alpha value is -1.16. The van der Waals surface area contributed by atoms with Crippen LogP contribution in [0.4, 0.5) is 0 Å². The van der Waals surface area contributed by atoms with Crippen LogP contribution in [-0.2, 0) is 12.8 Å². The van der Waals surface area contributed by atoms with E-state index in [-0.39, 0.29) is 5.78 Å². The average molecular weight is 291 g/mol. The molecule has 4 nitrogen and oxygen atoms in total. The lowest BCUT2D eigenvalue weighted by Gasteiger charge is -2.26. The number of carbonyl (C=O) groups is 1. The van der Waals surface area contributed by atoms with Crippen molar-refractivity contribution in [2.45, 2.75) is 46.0 Å². The molecule has 1 aromatic rings. The minimum Gasteiger partial charge on any atom is -0.360 e. The number of carbonyl (C=O) groups excluding carboxylic acids is 1. The molecule has 0 saturated carbocycles. The fraction of sp³-hybridized carbons (Fsp3) is 0.765. The van der Waals surface area contributed by atoms with Gasteiger partial charge in [-0.05, 0) is 37.0 Å². The van der Waals surface area contributed by atoms with Gasteiger partial charge in [-0.1, -0.05) is 19.0 Å². The predicted molar refractivity (Wildman–Crippen MR) is 80.5 cm³/mol. The molecule has 3 rings (SSSR count). The number of nitrogens with zero attached hydrogens (tertiary/aromatic N) is 1. The Morgan fingerprint density at radius 1 is 1.29 bits per heavy atom. The summed E-state index contributed by atoms with van der Waals surface area (Å²) in [6.07, 6.45) is 4.91. The lowest BCUT2D eigenvalue weighted by atomic mass is 9.79. The molecular weight excluding hydrogens is 264 g/mol. The summed E-state index contributed by atoms with van der Waals surface area (Å²) in [4.78, 5) is 14.1. The molecule has 1 aliphatic heterocycles. The third kappa shape index (κ3) is 3.05. The molecule has 0 spiro atoms. The summed E-state index contributed by atoms with van der Waals surface area (Å²) in [6.45, 7) is 6.82. The highest BCUT2D eigenvalue weighted by molar-refractivity contribution is 5.99. The highest BCUT2D eigenvalue weighted by Crippen LogP contribution is 2.33. The zero-order valence-corrected chi connectivity index (χ0v) is 13.4. The van der Waals surface area contributed by atoms with Crippen molar-refractivity contribution in [3.63, 3.8) is 0 Å². The van der Waals surface area contributed by atoms with Gasteiger partial charge in [-0.15, -0.1) is 0 Å². The van der Waals surface area contributed by atoms with Crippen molar-refractivity contribution in [3.05, 3.63) is 17.0 Å². The number of aromatic nitrogens is 1. The molecule has 0 bridgehead atoms. The maximum atomic E-state index is 12.5. The lowest BCUT2D eigenvalue weighted by molar-refractivity contribution is -0.886. The van der Waals surface area contributed by atoms with E-state index in [1.165, 1.54) is 25.9 Å². The molecule has 4 heteroatoms. The Morgan fingerprint density at radius 2 is 2.00 bits per heavy atom. The van der Waals surface area contributed by atoms with Gasteiger partial charge in [-0.3, -0.25) is 4.79 Å². The minimum absolute atomic E-state index is 0.254. The standard InChI is InChI=1S/C17H26N2O2/c1-11(2)13-9-14-17(15(20)10-13)16(21-18-14)8-12-4-6-19(3)7-5-12/h11-13H,4-10H2,1-3H3/p+1. The summed E-state index contributed by atoms with van der Waals surface area (Å²) < 4.78 is 5.57. The summed E-state index contributed by atoms with van der Waals surface area (Å²) in [5.74, 6) is 2.72. The van der Waals surface area contributed by atoms with E-state index in [2.05, 4.69) is 26.1 Å². The number of likely N-dealkylation sites (tertiary alicyclic amines) is 1. The molecule has 1 unspecified atom stereocenters. The smallest absolute Gasteiger partial charge is 0.168 e. The van der Waals surface area contributed by atoms with Crippen LogP contribution in [0.5, 0.6) is 0 Å². The fourth-order valence-electron chi connectivity index (χ4n) is 3.73. The molecule has 1 fully saturated rings. The Kier molecular flexibility index (Phi) is 4.16. The van der Waals surface area contributed by atoms with Crippen molar-refractivity contribution < 1.29 is 14.2 Å². The van der Waals surface area contributed by atoms with Gasteiger partial charge in [0.1, 0.15) is 5.76 Å². The zero-order valence-electron chi connectivity index (χ0n) is 13.4. The van der Waals surface area contributed by atoms with Crippen molar-refractivity contribution in [2.75, 3.05) is 20.1 Å². The molecule has 0 radical (unpaired) electrons. The van der Waals surface area contributed by atoms with E-state index < -0.39 is 0 Å². The first-order valence-corrected chi connectivity index (χ1v) is 8.36. The second-order valence-electron chi connectivity index (χ2n) is 7.37. The van der Waals surface area contributed by atoms with Gasteiger partial charge in [0.2, 0.25) is 0 Å². The van der Waals surface area contributed by atoms with E-state index in [4.69, 9.17) is 4.52 Å². The quantitative estimate of drug-likeness (QED) is 0.919. The number of Topliss-reactive ketones (excluding diaryl/α,β-unsaturated/α-hetero) is 1. The van der Waals surface area contributed by atoms with Crippen LogP contribution in [0.1, 0.15) is 54.9 Å². The summed E-state index contributed by atoms with van der Waals surface area (Å²) in [7, 11) is 2.25. The van der Waals surface area contributed by atoms with E-state index in [1.54, 1.807) is 4.90 Å². The van der Waals surface area contributed by atoms with Gasteiger partial charge >= 0.3 is 0 Å². The maximum absolute atomic E-state index is 12.5. The summed E-state index contributed by atoms with van der Waals surface area (Å²) in [5, 5.41) is 4.22. The van der Waals surface area contributed by atoms with Crippen LogP contribution in [-0.4, -0.2) is 31.1 Å². The first-order chi connectivity index (χ1) is 10.0. The maximum Gasteiger partial charge on any atom is 0.168 e. The first-order valence-electron chi connectivity index (χ1n) is 8.36. The van der Waals surface area contributed by atoms with Gasteiger partial charge in [0.05, 0.1) is 31.4 Å². The molecule has 2 heterocycles. The largest absolute Gasteiger partial charge is 0.360 e. The third-order valence-electron chi connectivity index (χ3n) is 5.39. The van der Waals surface area contributed by atoms with Gasteiger partial charge in [0.15, 0.2) is 5.78 Å². The first kappa shape index (κ1) is 14.8. The number of hydrogen-bond donors (Lipinski definition) is 1. The van der Waals surface area contributed by atoms with Crippen molar-refractivity contribution in [1.29, 1.82) is 0 Å². The van der Waals surface area contributed by atoms with Crippen molar-refractivity contribution in [3.8, 4) is 0 Å². The Balaban J connectivity index is 1.73. The lowest BCUT2D eigenvalue weighted by Crippen LogP contribution is -3.10. The van der Waals surface area contributed by atoms with Gasteiger partial charge in [0, 0.05) is 12.8 Å². The number of fused-ring (bicyclic) bond motifs is 1. The highest BCUT2D eigenvalue weighted by atomic mass is 16.5. The molecule has 1 saturated heterocycles. The Bertz CT molecular complexity index is 513. The second-order valence-corrected chi connectivity index (χ2v) is 7.37. The SMILES string of the molecule is CC(C)C1CC(=O)c2c(noc2CC2CC[NH+](C)CC2)C1. The predicted octanol–water partition coefficient (Wildman–Crippen LogP) is 1.54. The number of nitrogens with one attached hydrogen (secondary N) is 1. The number of hydrogen-bond acceptors (Lipinski definition) is 3. The van der Waals surface area contributed by atoms with Gasteiger partial charge in [0.25, 0.3) is 0 Å². The molecule has 1 N–H and O–H groups in total. The van der Waals surface area contributed by atoms with Crippen molar-refractivity contribution in [2.24, 2.45) is 17.8 Å². The van der Waals surface area contributed by atoms with E-state index in [1.807, 2.05) is 0 Å². The molecule has 21 heavy (non-hydrogen) atoms. The molecule has 1 aromatic heterocycles. The summed E-state index contributed by atoms with van der Waals surface area (Å²) >= 11 is 0. The Morgan fingerprint density at radius 3 is 2.67 bits per heavy atom. The average Bonchev–Trinajstić information content (AvgIpc) is 2.85. The van der Waals surface area contributed by atoms with Crippen molar-refractivity contribution >= 4 is 5.78 Å². The molecule has 0 amide bonds. The van der Waals surface area contributed by atoms with E-state index >= 15 is 0 Å². The van der Waals surface area contributed by atoms with E-state index in [9.17, 15) is 4.79 Å². The molecule has 1 aliphatic carbocycles. The zero-order chi connectivity index (χ0) is 15.0. The second kappa shape index (κ2) is 5.91. The van der Waals surface area contributed by atoms with Gasteiger partial charge in [-0.2, -0.15) is 0 Å². The topological polar surface area (TPSA) is 47.5 Å². The molecule has 116 valence electrons. The van der Waals surface area contributed by atoms with Crippen molar-refractivity contribution in [1.82, 2.24) is 5.16 Å². The molecule has 0 aromatic carbocycles. The number of ketones is 1. The van der Waals surface area contributed by atoms with Crippen LogP contribution in [0.15, 0.2) is 4.52 Å². The Labute approximate surface area is 126 Å². The number of rotatable bonds is 3. The van der Waals surface area contributed by atoms with Crippen LogP contribution < -0.4 is 4.90 Å². The fourth-order valence-corrected chi connectivity index (χ4v) is 3.73. The van der Waals surface area contributed by atoms with Crippen LogP contribution >= 0.6 is 0 Å². The summed E-state index contributed by atoms with van der Waals surface area (Å²) in [6, 6.07) is 0. The molecule has 1 atom stereocenters. The normalized spacial score (nSPS) is 29.7.